The van der Waals surface area contributed by atoms with E-state index in [0.717, 1.165) is 13.1 Å². The summed E-state index contributed by atoms with van der Waals surface area (Å²) < 4.78 is 29.0. The van der Waals surface area contributed by atoms with E-state index < -0.39 is 6.61 Å². The first-order chi connectivity index (χ1) is 9.17. The minimum Gasteiger partial charge on any atom is -0.434 e. The molecule has 1 aromatic carbocycles. The van der Waals surface area contributed by atoms with Gasteiger partial charge in [-0.25, -0.2) is 4.99 Å². The number of aliphatic imine (C=N–C) groups is 1. The molecule has 1 aromatic rings. The maximum atomic E-state index is 12.3. The number of benzene rings is 1. The summed E-state index contributed by atoms with van der Waals surface area (Å²) in [5, 5.41) is 6.13. The third-order valence-electron chi connectivity index (χ3n) is 2.28. The van der Waals surface area contributed by atoms with Gasteiger partial charge in [0.15, 0.2) is 5.96 Å². The molecule has 0 saturated carbocycles. The van der Waals surface area contributed by atoms with Gasteiger partial charge in [-0.15, -0.1) is 0 Å². The van der Waals surface area contributed by atoms with Crippen molar-refractivity contribution in [1.82, 2.24) is 10.6 Å². The number of alkyl halides is 2. The predicted octanol–water partition coefficient (Wildman–Crippen LogP) is 2.36. The number of ether oxygens (including phenoxy) is 1. The number of nitrogens with zero attached hydrogens (tertiary/aromatic N) is 1. The molecule has 0 radical (unpaired) electrons. The van der Waals surface area contributed by atoms with Gasteiger partial charge in [0, 0.05) is 18.7 Å². The lowest BCUT2D eigenvalue weighted by Gasteiger charge is -2.11. The SMILES string of the molecule is CCNC(=NCc1ccccc1OC(F)F)NCC. The van der Waals surface area contributed by atoms with Gasteiger partial charge >= 0.3 is 6.61 Å². The monoisotopic (exact) mass is 271 g/mol. The van der Waals surface area contributed by atoms with Crippen LogP contribution in [0.15, 0.2) is 29.3 Å². The van der Waals surface area contributed by atoms with Gasteiger partial charge in [0.2, 0.25) is 0 Å². The van der Waals surface area contributed by atoms with Crippen molar-refractivity contribution in [1.29, 1.82) is 0 Å². The van der Waals surface area contributed by atoms with Crippen LogP contribution in [-0.4, -0.2) is 25.7 Å². The lowest BCUT2D eigenvalue weighted by molar-refractivity contribution is -0.0504. The van der Waals surface area contributed by atoms with Crippen molar-refractivity contribution < 1.29 is 13.5 Å². The van der Waals surface area contributed by atoms with Gasteiger partial charge in [0.05, 0.1) is 6.54 Å². The Balaban J connectivity index is 2.77. The van der Waals surface area contributed by atoms with Crippen LogP contribution in [0.2, 0.25) is 0 Å². The second-order valence-corrected chi connectivity index (χ2v) is 3.71. The fourth-order valence-corrected chi connectivity index (χ4v) is 1.52. The normalized spacial score (nSPS) is 10.2. The number of hydrogen-bond donors (Lipinski definition) is 2. The Bertz CT molecular complexity index is 403. The maximum absolute atomic E-state index is 12.3. The number of guanidine groups is 1. The molecule has 0 aliphatic heterocycles. The molecule has 0 amide bonds. The zero-order valence-corrected chi connectivity index (χ0v) is 11.1. The van der Waals surface area contributed by atoms with Crippen LogP contribution in [0.3, 0.4) is 0 Å². The second kappa shape index (κ2) is 8.29. The molecule has 0 fully saturated rings. The summed E-state index contributed by atoms with van der Waals surface area (Å²) in [5.41, 5.74) is 0.621. The first-order valence-electron chi connectivity index (χ1n) is 6.22. The van der Waals surface area contributed by atoms with Crippen LogP contribution in [0.4, 0.5) is 8.78 Å². The number of hydrogen-bond acceptors (Lipinski definition) is 2. The Morgan fingerprint density at radius 2 is 1.84 bits per heavy atom. The molecule has 0 heterocycles. The van der Waals surface area contributed by atoms with Gasteiger partial charge in [-0.3, -0.25) is 0 Å². The Morgan fingerprint density at radius 1 is 1.21 bits per heavy atom. The highest BCUT2D eigenvalue weighted by atomic mass is 19.3. The average molecular weight is 271 g/mol. The minimum atomic E-state index is -2.83. The number of para-hydroxylation sites is 1. The van der Waals surface area contributed by atoms with E-state index in [4.69, 9.17) is 0 Å². The number of rotatable bonds is 6. The van der Waals surface area contributed by atoms with E-state index in [2.05, 4.69) is 20.4 Å². The topological polar surface area (TPSA) is 45.7 Å². The molecule has 0 aliphatic rings. The molecule has 19 heavy (non-hydrogen) atoms. The quantitative estimate of drug-likeness (QED) is 0.617. The highest BCUT2D eigenvalue weighted by Crippen LogP contribution is 2.20. The molecule has 4 nitrogen and oxygen atoms in total. The molecule has 0 aromatic heterocycles. The molecule has 0 bridgehead atoms. The van der Waals surface area contributed by atoms with Crippen LogP contribution in [0.5, 0.6) is 5.75 Å². The van der Waals surface area contributed by atoms with Crippen molar-refractivity contribution in [3.8, 4) is 5.75 Å². The Morgan fingerprint density at radius 3 is 2.42 bits per heavy atom. The maximum Gasteiger partial charge on any atom is 0.387 e. The molecule has 0 aliphatic carbocycles. The van der Waals surface area contributed by atoms with E-state index in [0.29, 0.717) is 11.5 Å². The number of halogens is 2. The van der Waals surface area contributed by atoms with Gasteiger partial charge in [-0.05, 0) is 19.9 Å². The standard InChI is InChI=1S/C13H19F2N3O/c1-3-16-13(17-4-2)18-9-10-7-5-6-8-11(10)19-12(14)15/h5-8,12H,3-4,9H2,1-2H3,(H2,16,17,18). The highest BCUT2D eigenvalue weighted by Gasteiger charge is 2.08. The van der Waals surface area contributed by atoms with Gasteiger partial charge < -0.3 is 15.4 Å². The van der Waals surface area contributed by atoms with Crippen molar-refractivity contribution in [2.45, 2.75) is 27.0 Å². The second-order valence-electron chi connectivity index (χ2n) is 3.71. The van der Waals surface area contributed by atoms with Crippen molar-refractivity contribution in [2.75, 3.05) is 13.1 Å². The smallest absolute Gasteiger partial charge is 0.387 e. The summed E-state index contributed by atoms with van der Waals surface area (Å²) >= 11 is 0. The summed E-state index contributed by atoms with van der Waals surface area (Å²) in [6.07, 6.45) is 0. The van der Waals surface area contributed by atoms with Gasteiger partial charge in [0.25, 0.3) is 0 Å². The van der Waals surface area contributed by atoms with E-state index in [1.54, 1.807) is 18.2 Å². The number of nitrogens with one attached hydrogen (secondary N) is 2. The summed E-state index contributed by atoms with van der Waals surface area (Å²) in [7, 11) is 0. The predicted molar refractivity (Wildman–Crippen MR) is 71.6 cm³/mol. The van der Waals surface area contributed by atoms with Crippen LogP contribution in [0, 0.1) is 0 Å². The van der Waals surface area contributed by atoms with Crippen LogP contribution in [0.25, 0.3) is 0 Å². The van der Waals surface area contributed by atoms with Crippen molar-refractivity contribution in [2.24, 2.45) is 4.99 Å². The lowest BCUT2D eigenvalue weighted by Crippen LogP contribution is -2.36. The van der Waals surface area contributed by atoms with E-state index in [9.17, 15) is 8.78 Å². The van der Waals surface area contributed by atoms with Crippen LogP contribution in [0.1, 0.15) is 19.4 Å². The minimum absolute atomic E-state index is 0.161. The average Bonchev–Trinajstić information content (AvgIpc) is 2.37. The third-order valence-corrected chi connectivity index (χ3v) is 2.28. The first kappa shape index (κ1) is 15.2. The summed E-state index contributed by atoms with van der Waals surface area (Å²) in [6, 6.07) is 6.65. The van der Waals surface area contributed by atoms with Gasteiger partial charge in [-0.2, -0.15) is 8.78 Å². The van der Waals surface area contributed by atoms with E-state index >= 15 is 0 Å². The first-order valence-corrected chi connectivity index (χ1v) is 6.22. The van der Waals surface area contributed by atoms with Crippen molar-refractivity contribution in [3.63, 3.8) is 0 Å². The fraction of sp³-hybridized carbons (Fsp3) is 0.462. The molecule has 0 unspecified atom stereocenters. The molecular formula is C13H19F2N3O. The fourth-order valence-electron chi connectivity index (χ4n) is 1.52. The molecule has 2 N–H and O–H groups in total. The van der Waals surface area contributed by atoms with Crippen LogP contribution in [-0.2, 0) is 6.54 Å². The molecule has 106 valence electrons. The van der Waals surface area contributed by atoms with E-state index in [1.165, 1.54) is 6.07 Å². The van der Waals surface area contributed by atoms with Crippen LogP contribution < -0.4 is 15.4 Å². The largest absolute Gasteiger partial charge is 0.434 e. The van der Waals surface area contributed by atoms with E-state index in [-0.39, 0.29) is 12.3 Å². The van der Waals surface area contributed by atoms with Gasteiger partial charge in [0.1, 0.15) is 5.75 Å². The highest BCUT2D eigenvalue weighted by molar-refractivity contribution is 5.79. The Kier molecular flexibility index (Phi) is 6.63. The molecule has 0 atom stereocenters. The lowest BCUT2D eigenvalue weighted by atomic mass is 10.2. The van der Waals surface area contributed by atoms with Crippen molar-refractivity contribution in [3.05, 3.63) is 29.8 Å². The Hall–Kier alpha value is -1.85. The summed E-state index contributed by atoms with van der Waals surface area (Å²) in [4.78, 5) is 4.31. The van der Waals surface area contributed by atoms with Crippen molar-refractivity contribution >= 4 is 5.96 Å². The molecular weight excluding hydrogens is 252 g/mol. The van der Waals surface area contributed by atoms with E-state index in [1.807, 2.05) is 13.8 Å². The summed E-state index contributed by atoms with van der Waals surface area (Å²) in [6.45, 7) is 2.84. The molecule has 6 heteroatoms. The zero-order chi connectivity index (χ0) is 14.1. The zero-order valence-electron chi connectivity index (χ0n) is 11.1. The Labute approximate surface area is 111 Å². The third kappa shape index (κ3) is 5.54. The molecule has 0 saturated heterocycles. The van der Waals surface area contributed by atoms with Gasteiger partial charge in [-0.1, -0.05) is 18.2 Å². The summed E-state index contributed by atoms with van der Waals surface area (Å²) in [5.74, 6) is 0.811. The molecule has 1 rings (SSSR count). The molecule has 0 spiro atoms. The van der Waals surface area contributed by atoms with Crippen LogP contribution >= 0.6 is 0 Å².